The number of oxazole rings is 1. The third kappa shape index (κ3) is 3.45. The van der Waals surface area contributed by atoms with Gasteiger partial charge >= 0.3 is 0 Å². The number of aryl methyl sites for hydroxylation is 1. The fourth-order valence-electron chi connectivity index (χ4n) is 1.70. The van der Waals surface area contributed by atoms with Gasteiger partial charge in [-0.15, -0.1) is 11.3 Å². The molecule has 6 nitrogen and oxygen atoms in total. The first-order valence-electron chi connectivity index (χ1n) is 6.09. The van der Waals surface area contributed by atoms with Crippen molar-refractivity contribution in [1.82, 2.24) is 15.0 Å². The molecule has 0 bridgehead atoms. The van der Waals surface area contributed by atoms with Gasteiger partial charge in [0.25, 0.3) is 10.0 Å². The van der Waals surface area contributed by atoms with Gasteiger partial charge in [0, 0.05) is 6.54 Å². The molecule has 20 heavy (non-hydrogen) atoms. The lowest BCUT2D eigenvalue weighted by Crippen LogP contribution is -2.26. The molecular formula is C12H17N3O3S2. The van der Waals surface area contributed by atoms with Crippen molar-refractivity contribution in [3.05, 3.63) is 34.9 Å². The number of hydrogen-bond acceptors (Lipinski definition) is 6. The van der Waals surface area contributed by atoms with Crippen LogP contribution in [0.2, 0.25) is 0 Å². The molecule has 110 valence electrons. The molecule has 0 radical (unpaired) electrons. The number of nitrogens with zero attached hydrogens (tertiary/aromatic N) is 1. The highest BCUT2D eigenvalue weighted by molar-refractivity contribution is 7.91. The minimum absolute atomic E-state index is 0.290. The molecular weight excluding hydrogens is 298 g/mol. The average Bonchev–Trinajstić information content (AvgIpc) is 2.98. The molecule has 2 aromatic rings. The maximum absolute atomic E-state index is 12.2. The van der Waals surface area contributed by atoms with E-state index in [1.807, 2.05) is 12.4 Å². The Morgan fingerprint density at radius 3 is 2.85 bits per heavy atom. The Morgan fingerprint density at radius 2 is 2.25 bits per heavy atom. The highest BCUT2D eigenvalue weighted by Gasteiger charge is 2.22. The third-order valence-electron chi connectivity index (χ3n) is 2.62. The zero-order chi connectivity index (χ0) is 14.8. The first-order valence-corrected chi connectivity index (χ1v) is 8.45. The molecule has 0 aliphatic rings. The molecule has 0 saturated heterocycles. The summed E-state index contributed by atoms with van der Waals surface area (Å²) in [6.45, 7) is 4.10. The highest BCUT2D eigenvalue weighted by Crippen LogP contribution is 2.22. The van der Waals surface area contributed by atoms with Crippen LogP contribution in [0.25, 0.3) is 0 Å². The van der Waals surface area contributed by atoms with Crippen molar-refractivity contribution < 1.29 is 12.8 Å². The molecule has 1 atom stereocenters. The normalized spacial score (nSPS) is 13.6. The average molecular weight is 315 g/mol. The van der Waals surface area contributed by atoms with Gasteiger partial charge in [-0.25, -0.2) is 13.4 Å². The Morgan fingerprint density at radius 1 is 1.50 bits per heavy atom. The minimum Gasteiger partial charge on any atom is -0.444 e. The fraction of sp³-hybridized carbons (Fsp3) is 0.417. The Balaban J connectivity index is 2.13. The highest BCUT2D eigenvalue weighted by atomic mass is 32.2. The summed E-state index contributed by atoms with van der Waals surface area (Å²) in [5, 5.41) is 4.81. The van der Waals surface area contributed by atoms with E-state index < -0.39 is 16.1 Å². The van der Waals surface area contributed by atoms with Crippen molar-refractivity contribution >= 4 is 21.4 Å². The lowest BCUT2D eigenvalue weighted by Gasteiger charge is -2.09. The molecule has 8 heteroatoms. The van der Waals surface area contributed by atoms with Crippen LogP contribution in [-0.2, 0) is 16.6 Å². The molecule has 0 aromatic carbocycles. The minimum atomic E-state index is -3.56. The molecule has 2 rings (SSSR count). The van der Waals surface area contributed by atoms with Gasteiger partial charge in [-0.05, 0) is 37.9 Å². The van der Waals surface area contributed by atoms with Crippen molar-refractivity contribution in [1.29, 1.82) is 0 Å². The van der Waals surface area contributed by atoms with Crippen molar-refractivity contribution in [2.45, 2.75) is 30.6 Å². The second-order valence-corrected chi connectivity index (χ2v) is 7.31. The molecule has 0 fully saturated rings. The number of rotatable bonds is 6. The monoisotopic (exact) mass is 315 g/mol. The number of nitrogens with one attached hydrogen (secondary N) is 2. The van der Waals surface area contributed by atoms with Gasteiger partial charge < -0.3 is 9.73 Å². The zero-order valence-corrected chi connectivity index (χ0v) is 13.1. The van der Waals surface area contributed by atoms with Gasteiger partial charge in [-0.3, -0.25) is 0 Å². The molecule has 0 spiro atoms. The second kappa shape index (κ2) is 6.04. The third-order valence-corrected chi connectivity index (χ3v) is 5.65. The van der Waals surface area contributed by atoms with Gasteiger partial charge in [0.2, 0.25) is 5.89 Å². The van der Waals surface area contributed by atoms with E-state index in [2.05, 4.69) is 15.0 Å². The Labute approximate surface area is 122 Å². The van der Waals surface area contributed by atoms with Crippen LogP contribution in [0.3, 0.4) is 0 Å². The summed E-state index contributed by atoms with van der Waals surface area (Å²) in [5.74, 6) is 1.01. The molecule has 0 saturated carbocycles. The lowest BCUT2D eigenvalue weighted by molar-refractivity contribution is 0.428. The summed E-state index contributed by atoms with van der Waals surface area (Å²) < 4.78 is 32.7. The standard InChI is InChI=1S/C12H17N3O3S2/c1-8-5-14-12(18-8)9(2)15-20(16,17)11-4-10(6-13-3)7-19-11/h4-5,7,9,13,15H,6H2,1-3H3. The van der Waals surface area contributed by atoms with Crippen LogP contribution in [0.1, 0.15) is 30.2 Å². The van der Waals surface area contributed by atoms with Crippen LogP contribution >= 0.6 is 11.3 Å². The zero-order valence-electron chi connectivity index (χ0n) is 11.5. The quantitative estimate of drug-likeness (QED) is 0.849. The summed E-state index contributed by atoms with van der Waals surface area (Å²) in [7, 11) is -1.74. The van der Waals surface area contributed by atoms with Crippen LogP contribution in [-0.4, -0.2) is 20.4 Å². The molecule has 2 heterocycles. The lowest BCUT2D eigenvalue weighted by atomic mass is 10.3. The molecule has 0 aliphatic carbocycles. The summed E-state index contributed by atoms with van der Waals surface area (Å²) in [4.78, 5) is 4.03. The van der Waals surface area contributed by atoms with Crippen molar-refractivity contribution in [3.8, 4) is 0 Å². The number of hydrogen-bond donors (Lipinski definition) is 2. The van der Waals surface area contributed by atoms with Gasteiger partial charge in [-0.2, -0.15) is 4.72 Å². The van der Waals surface area contributed by atoms with Crippen molar-refractivity contribution in [2.24, 2.45) is 0 Å². The van der Waals surface area contributed by atoms with E-state index in [4.69, 9.17) is 4.42 Å². The van der Waals surface area contributed by atoms with Crippen molar-refractivity contribution in [2.75, 3.05) is 7.05 Å². The molecule has 2 aromatic heterocycles. The summed E-state index contributed by atoms with van der Waals surface area (Å²) in [6.07, 6.45) is 1.57. The van der Waals surface area contributed by atoms with E-state index in [-0.39, 0.29) is 4.21 Å². The maximum Gasteiger partial charge on any atom is 0.250 e. The van der Waals surface area contributed by atoms with Gasteiger partial charge in [0.1, 0.15) is 9.97 Å². The van der Waals surface area contributed by atoms with Crippen LogP contribution in [0.5, 0.6) is 0 Å². The van der Waals surface area contributed by atoms with E-state index >= 15 is 0 Å². The van der Waals surface area contributed by atoms with Gasteiger partial charge in [0.15, 0.2) is 0 Å². The molecule has 0 aliphatic heterocycles. The van der Waals surface area contributed by atoms with E-state index in [0.29, 0.717) is 18.2 Å². The molecule has 0 amide bonds. The predicted molar refractivity (Wildman–Crippen MR) is 77.1 cm³/mol. The van der Waals surface area contributed by atoms with Crippen LogP contribution in [0.4, 0.5) is 0 Å². The van der Waals surface area contributed by atoms with E-state index in [0.717, 1.165) is 5.56 Å². The smallest absolute Gasteiger partial charge is 0.250 e. The van der Waals surface area contributed by atoms with Crippen molar-refractivity contribution in [3.63, 3.8) is 0 Å². The topological polar surface area (TPSA) is 84.2 Å². The molecule has 2 N–H and O–H groups in total. The van der Waals surface area contributed by atoms with E-state index in [1.54, 1.807) is 26.1 Å². The summed E-state index contributed by atoms with van der Waals surface area (Å²) >= 11 is 1.20. The number of sulfonamides is 1. The number of aromatic nitrogens is 1. The van der Waals surface area contributed by atoms with E-state index in [1.165, 1.54) is 11.3 Å². The maximum atomic E-state index is 12.2. The first-order chi connectivity index (χ1) is 9.42. The van der Waals surface area contributed by atoms with Crippen LogP contribution < -0.4 is 10.0 Å². The van der Waals surface area contributed by atoms with Crippen LogP contribution in [0, 0.1) is 6.92 Å². The van der Waals surface area contributed by atoms with Crippen LogP contribution in [0.15, 0.2) is 26.3 Å². The van der Waals surface area contributed by atoms with Gasteiger partial charge in [0.05, 0.1) is 12.2 Å². The Hall–Kier alpha value is -1.22. The Kier molecular flexibility index (Phi) is 4.59. The summed E-state index contributed by atoms with van der Waals surface area (Å²) in [6, 6.07) is 1.15. The SMILES string of the molecule is CNCc1csc(S(=O)(=O)NC(C)c2ncc(C)o2)c1. The number of thiophene rings is 1. The van der Waals surface area contributed by atoms with E-state index in [9.17, 15) is 8.42 Å². The molecule has 1 unspecified atom stereocenters. The first kappa shape index (κ1) is 15.2. The summed E-state index contributed by atoms with van der Waals surface area (Å²) in [5.41, 5.74) is 0.942. The van der Waals surface area contributed by atoms with Gasteiger partial charge in [-0.1, -0.05) is 0 Å². The Bertz CT molecular complexity index is 676. The fourth-order valence-corrected chi connectivity index (χ4v) is 4.13. The largest absolute Gasteiger partial charge is 0.444 e. The predicted octanol–water partition coefficient (Wildman–Crippen LogP) is 1.80. The second-order valence-electron chi connectivity index (χ2n) is 4.46.